The van der Waals surface area contributed by atoms with Gasteiger partial charge in [-0.25, -0.2) is 4.39 Å². The number of ether oxygens (including phenoxy) is 2. The van der Waals surface area contributed by atoms with Gasteiger partial charge in [-0.15, -0.1) is 0 Å². The van der Waals surface area contributed by atoms with Crippen LogP contribution >= 0.6 is 0 Å². The molecule has 0 aliphatic rings. The highest BCUT2D eigenvalue weighted by Crippen LogP contribution is 2.15. The second-order valence-corrected chi connectivity index (χ2v) is 4.49. The van der Waals surface area contributed by atoms with Gasteiger partial charge in [-0.2, -0.15) is 0 Å². The molecule has 5 heteroatoms. The van der Waals surface area contributed by atoms with Gasteiger partial charge in [0.05, 0.1) is 0 Å². The van der Waals surface area contributed by atoms with Gasteiger partial charge in [-0.3, -0.25) is 0 Å². The minimum Gasteiger partial charge on any atom is -0.488 e. The number of nitrogens with one attached hydrogen (secondary N) is 1. The average Bonchev–Trinajstić information content (AvgIpc) is 2.42. The first kappa shape index (κ1) is 15.9. The molecule has 1 rings (SSSR count). The number of benzene rings is 1. The van der Waals surface area contributed by atoms with Crippen molar-refractivity contribution in [3.05, 3.63) is 30.1 Å². The van der Waals surface area contributed by atoms with Crippen molar-refractivity contribution in [3.63, 3.8) is 0 Å². The van der Waals surface area contributed by atoms with Gasteiger partial charge in [0, 0.05) is 26.3 Å². The number of para-hydroxylation sites is 1. The molecule has 0 saturated heterocycles. The molecule has 2 unspecified atom stereocenters. The van der Waals surface area contributed by atoms with E-state index < -0.39 is 11.9 Å². The van der Waals surface area contributed by atoms with Gasteiger partial charge in [0.15, 0.2) is 11.6 Å². The van der Waals surface area contributed by atoms with Gasteiger partial charge < -0.3 is 19.9 Å². The van der Waals surface area contributed by atoms with E-state index in [1.165, 1.54) is 12.1 Å². The number of halogens is 1. The van der Waals surface area contributed by atoms with Gasteiger partial charge in [0.25, 0.3) is 0 Å². The van der Waals surface area contributed by atoms with Crippen molar-refractivity contribution >= 4 is 0 Å². The summed E-state index contributed by atoms with van der Waals surface area (Å²) >= 11 is 0. The summed E-state index contributed by atoms with van der Waals surface area (Å²) in [5.41, 5.74) is 0. The Labute approximate surface area is 113 Å². The molecule has 4 nitrogen and oxygen atoms in total. The second kappa shape index (κ2) is 8.85. The van der Waals surface area contributed by atoms with Crippen LogP contribution in [0.3, 0.4) is 0 Å². The van der Waals surface area contributed by atoms with Crippen molar-refractivity contribution in [1.29, 1.82) is 0 Å². The number of aliphatic hydroxyl groups is 1. The van der Waals surface area contributed by atoms with E-state index in [0.29, 0.717) is 13.2 Å². The predicted molar refractivity (Wildman–Crippen MR) is 71.9 cm³/mol. The van der Waals surface area contributed by atoms with Gasteiger partial charge in [-0.05, 0) is 25.5 Å². The summed E-state index contributed by atoms with van der Waals surface area (Å²) in [5, 5.41) is 12.9. The lowest BCUT2D eigenvalue weighted by Gasteiger charge is -2.17. The molecule has 0 aromatic heterocycles. The highest BCUT2D eigenvalue weighted by Gasteiger charge is 2.09. The molecule has 2 N–H and O–H groups in total. The molecule has 0 bridgehead atoms. The lowest BCUT2D eigenvalue weighted by molar-refractivity contribution is 0.0997. The molecule has 1 aromatic rings. The van der Waals surface area contributed by atoms with Crippen molar-refractivity contribution in [3.8, 4) is 5.75 Å². The van der Waals surface area contributed by atoms with E-state index in [2.05, 4.69) is 5.32 Å². The van der Waals surface area contributed by atoms with Crippen molar-refractivity contribution in [2.24, 2.45) is 0 Å². The third-order valence-electron chi connectivity index (χ3n) is 2.72. The second-order valence-electron chi connectivity index (χ2n) is 4.49. The maximum absolute atomic E-state index is 13.3. The van der Waals surface area contributed by atoms with E-state index in [-0.39, 0.29) is 18.4 Å². The minimum absolute atomic E-state index is 0.0604. The Balaban J connectivity index is 2.21. The fraction of sp³-hybridized carbons (Fsp3) is 0.571. The van der Waals surface area contributed by atoms with Gasteiger partial charge in [0.2, 0.25) is 0 Å². The average molecular weight is 271 g/mol. The van der Waals surface area contributed by atoms with Gasteiger partial charge in [-0.1, -0.05) is 12.1 Å². The van der Waals surface area contributed by atoms with Crippen LogP contribution in [0.5, 0.6) is 5.75 Å². The van der Waals surface area contributed by atoms with Crippen LogP contribution in [0.2, 0.25) is 0 Å². The maximum atomic E-state index is 13.3. The van der Waals surface area contributed by atoms with Crippen molar-refractivity contribution in [2.75, 3.05) is 26.9 Å². The highest BCUT2D eigenvalue weighted by atomic mass is 19.1. The fourth-order valence-electron chi connectivity index (χ4n) is 1.54. The zero-order valence-corrected chi connectivity index (χ0v) is 11.4. The Hall–Kier alpha value is -1.17. The van der Waals surface area contributed by atoms with Gasteiger partial charge >= 0.3 is 0 Å². The summed E-state index contributed by atoms with van der Waals surface area (Å²) < 4.78 is 23.4. The van der Waals surface area contributed by atoms with Crippen LogP contribution in [-0.2, 0) is 4.74 Å². The fourth-order valence-corrected chi connectivity index (χ4v) is 1.54. The summed E-state index contributed by atoms with van der Waals surface area (Å²) in [6.45, 7) is 3.16. The van der Waals surface area contributed by atoms with Crippen molar-refractivity contribution in [1.82, 2.24) is 5.32 Å². The number of hydrogen-bond acceptors (Lipinski definition) is 4. The zero-order valence-electron chi connectivity index (χ0n) is 11.4. The first-order valence-corrected chi connectivity index (χ1v) is 6.41. The predicted octanol–water partition coefficient (Wildman–Crippen LogP) is 1.58. The number of hydrogen-bond donors (Lipinski definition) is 2. The number of aliphatic hydroxyl groups excluding tert-OH is 1. The zero-order chi connectivity index (χ0) is 14.1. The van der Waals surface area contributed by atoms with E-state index in [0.717, 1.165) is 6.42 Å². The first-order chi connectivity index (χ1) is 9.13. The smallest absolute Gasteiger partial charge is 0.165 e. The van der Waals surface area contributed by atoms with Crippen molar-refractivity contribution < 1.29 is 19.0 Å². The lowest BCUT2D eigenvalue weighted by Crippen LogP contribution is -2.37. The molecule has 2 atom stereocenters. The van der Waals surface area contributed by atoms with E-state index in [1.54, 1.807) is 19.2 Å². The third-order valence-corrected chi connectivity index (χ3v) is 2.72. The molecule has 0 heterocycles. The topological polar surface area (TPSA) is 50.7 Å². The molecule has 108 valence electrons. The molecule has 1 aromatic carbocycles. The molecule has 0 aliphatic heterocycles. The molecule has 0 fully saturated rings. The van der Waals surface area contributed by atoms with E-state index in [4.69, 9.17) is 9.47 Å². The van der Waals surface area contributed by atoms with Crippen LogP contribution in [-0.4, -0.2) is 44.1 Å². The Bertz CT molecular complexity index is 362. The molecule has 0 amide bonds. The minimum atomic E-state index is -0.676. The molecular formula is C14H22FNO3. The van der Waals surface area contributed by atoms with Crippen LogP contribution in [0.4, 0.5) is 4.39 Å². The number of methoxy groups -OCH3 is 1. The summed E-state index contributed by atoms with van der Waals surface area (Å²) in [6.07, 6.45) is 0.196. The SMILES string of the molecule is COCCC(C)NCC(O)COc1ccccc1F. The molecule has 0 spiro atoms. The normalized spacial score (nSPS) is 14.1. The quantitative estimate of drug-likeness (QED) is 0.716. The first-order valence-electron chi connectivity index (χ1n) is 6.41. The van der Waals surface area contributed by atoms with E-state index in [9.17, 15) is 9.50 Å². The molecule has 0 aliphatic carbocycles. The standard InChI is InChI=1S/C14H22FNO3/c1-11(7-8-18-2)16-9-12(17)10-19-14-6-4-3-5-13(14)15/h3-6,11-12,16-17H,7-10H2,1-2H3. The Morgan fingerprint density at radius 3 is 2.79 bits per heavy atom. The maximum Gasteiger partial charge on any atom is 0.165 e. The largest absolute Gasteiger partial charge is 0.488 e. The Kier molecular flexibility index (Phi) is 7.40. The summed E-state index contributed by atoms with van der Waals surface area (Å²) in [4.78, 5) is 0. The molecule has 0 saturated carbocycles. The van der Waals surface area contributed by atoms with Crippen LogP contribution in [0.25, 0.3) is 0 Å². The van der Waals surface area contributed by atoms with Gasteiger partial charge in [0.1, 0.15) is 12.7 Å². The number of rotatable bonds is 9. The Morgan fingerprint density at radius 1 is 1.37 bits per heavy atom. The van der Waals surface area contributed by atoms with Crippen LogP contribution in [0, 0.1) is 5.82 Å². The highest BCUT2D eigenvalue weighted by molar-refractivity contribution is 5.23. The summed E-state index contributed by atoms with van der Waals surface area (Å²) in [6, 6.07) is 6.40. The third kappa shape index (κ3) is 6.52. The van der Waals surface area contributed by atoms with Crippen LogP contribution in [0.1, 0.15) is 13.3 Å². The monoisotopic (exact) mass is 271 g/mol. The summed E-state index contributed by atoms with van der Waals surface area (Å²) in [5.74, 6) is -0.259. The van der Waals surface area contributed by atoms with Crippen LogP contribution in [0.15, 0.2) is 24.3 Å². The van der Waals surface area contributed by atoms with Crippen molar-refractivity contribution in [2.45, 2.75) is 25.5 Å². The molecule has 0 radical (unpaired) electrons. The summed E-state index contributed by atoms with van der Waals surface area (Å²) in [7, 11) is 1.66. The van der Waals surface area contributed by atoms with E-state index >= 15 is 0 Å². The molecular weight excluding hydrogens is 249 g/mol. The lowest BCUT2D eigenvalue weighted by atomic mass is 10.2. The molecule has 19 heavy (non-hydrogen) atoms. The van der Waals surface area contributed by atoms with Crippen LogP contribution < -0.4 is 10.1 Å². The van der Waals surface area contributed by atoms with E-state index in [1.807, 2.05) is 6.92 Å². The Morgan fingerprint density at radius 2 is 2.11 bits per heavy atom.